The number of anilines is 1. The Hall–Kier alpha value is -2.41. The number of sulfonamides is 1. The predicted molar refractivity (Wildman–Crippen MR) is 92.1 cm³/mol. The molecule has 2 aromatic carbocycles. The van der Waals surface area contributed by atoms with Crippen LogP contribution < -0.4 is 9.62 Å². The minimum atomic E-state index is -3.67. The molecule has 2 aromatic rings. The van der Waals surface area contributed by atoms with Crippen LogP contribution in [-0.4, -0.2) is 33.7 Å². The molecule has 0 aliphatic heterocycles. The zero-order valence-electron chi connectivity index (χ0n) is 13.5. The molecule has 1 amide bonds. The van der Waals surface area contributed by atoms with Gasteiger partial charge in [0.15, 0.2) is 0 Å². The summed E-state index contributed by atoms with van der Waals surface area (Å²) in [6.07, 6.45) is 1.00. The highest BCUT2D eigenvalue weighted by Gasteiger charge is 2.20. The lowest BCUT2D eigenvalue weighted by molar-refractivity contribution is 0.0954. The van der Waals surface area contributed by atoms with Crippen molar-refractivity contribution in [2.75, 3.05) is 23.7 Å². The first-order valence-corrected chi connectivity index (χ1v) is 9.21. The van der Waals surface area contributed by atoms with Crippen LogP contribution >= 0.6 is 0 Å². The van der Waals surface area contributed by atoms with Gasteiger partial charge in [-0.3, -0.25) is 9.10 Å². The lowest BCUT2D eigenvalue weighted by Gasteiger charge is -2.23. The molecule has 0 aliphatic rings. The summed E-state index contributed by atoms with van der Waals surface area (Å²) in [7, 11) is -3.67. The average Bonchev–Trinajstić information content (AvgIpc) is 2.52. The summed E-state index contributed by atoms with van der Waals surface area (Å²) in [6.45, 7) is 1.82. The molecule has 2 rings (SSSR count). The van der Waals surface area contributed by atoms with Gasteiger partial charge in [-0.25, -0.2) is 12.8 Å². The van der Waals surface area contributed by atoms with Crippen LogP contribution in [0.15, 0.2) is 48.5 Å². The maximum Gasteiger partial charge on any atom is 0.251 e. The highest BCUT2D eigenvalue weighted by atomic mass is 32.2. The fraction of sp³-hybridized carbons (Fsp3) is 0.235. The first-order chi connectivity index (χ1) is 11.3. The molecule has 24 heavy (non-hydrogen) atoms. The van der Waals surface area contributed by atoms with Crippen LogP contribution in [0.1, 0.15) is 15.9 Å². The standard InChI is InChI=1S/C17H19FN2O3S/c1-13-7-3-4-8-14(13)17(21)19-11-12-20(24(2,22)23)16-10-6-5-9-15(16)18/h3-10H,11-12H2,1-2H3,(H,19,21). The van der Waals surface area contributed by atoms with Gasteiger partial charge in [-0.1, -0.05) is 30.3 Å². The van der Waals surface area contributed by atoms with Crippen LogP contribution in [-0.2, 0) is 10.0 Å². The number of rotatable bonds is 6. The first kappa shape index (κ1) is 17.9. The van der Waals surface area contributed by atoms with Crippen LogP contribution in [0.2, 0.25) is 0 Å². The van der Waals surface area contributed by atoms with Gasteiger partial charge in [0, 0.05) is 12.1 Å². The molecule has 128 valence electrons. The van der Waals surface area contributed by atoms with Crippen LogP contribution in [0.5, 0.6) is 0 Å². The molecule has 0 fully saturated rings. The van der Waals surface area contributed by atoms with Gasteiger partial charge in [0.2, 0.25) is 10.0 Å². The number of hydrogen-bond acceptors (Lipinski definition) is 3. The Morgan fingerprint density at radius 2 is 1.75 bits per heavy atom. The molecule has 0 atom stereocenters. The Morgan fingerprint density at radius 3 is 2.38 bits per heavy atom. The van der Waals surface area contributed by atoms with E-state index < -0.39 is 15.8 Å². The topological polar surface area (TPSA) is 66.5 Å². The number of benzene rings is 2. The third-order valence-electron chi connectivity index (χ3n) is 3.51. The highest BCUT2D eigenvalue weighted by molar-refractivity contribution is 7.92. The van der Waals surface area contributed by atoms with Crippen molar-refractivity contribution in [3.63, 3.8) is 0 Å². The smallest absolute Gasteiger partial charge is 0.251 e. The molecule has 0 saturated heterocycles. The molecule has 0 saturated carbocycles. The lowest BCUT2D eigenvalue weighted by Crippen LogP contribution is -2.38. The van der Waals surface area contributed by atoms with E-state index in [-0.39, 0.29) is 24.7 Å². The second-order valence-corrected chi connectivity index (χ2v) is 7.26. The Labute approximate surface area is 141 Å². The van der Waals surface area contributed by atoms with Crippen molar-refractivity contribution in [2.45, 2.75) is 6.92 Å². The predicted octanol–water partition coefficient (Wildman–Crippen LogP) is 2.33. The molecule has 0 aliphatic carbocycles. The number of nitrogens with zero attached hydrogens (tertiary/aromatic N) is 1. The fourth-order valence-electron chi connectivity index (χ4n) is 2.31. The highest BCUT2D eigenvalue weighted by Crippen LogP contribution is 2.20. The molecule has 0 aromatic heterocycles. The van der Waals surface area contributed by atoms with Gasteiger partial charge in [-0.2, -0.15) is 0 Å². The summed E-state index contributed by atoms with van der Waals surface area (Å²) in [5.74, 6) is -0.928. The molecule has 0 heterocycles. The molecule has 5 nitrogen and oxygen atoms in total. The number of amides is 1. The molecule has 0 radical (unpaired) electrons. The minimum Gasteiger partial charge on any atom is -0.350 e. The number of carbonyl (C=O) groups excluding carboxylic acids is 1. The van der Waals surface area contributed by atoms with Crippen LogP contribution in [0.3, 0.4) is 0 Å². The second kappa shape index (κ2) is 7.44. The zero-order valence-corrected chi connectivity index (χ0v) is 14.3. The van der Waals surface area contributed by atoms with E-state index in [1.165, 1.54) is 18.2 Å². The van der Waals surface area contributed by atoms with Crippen molar-refractivity contribution < 1.29 is 17.6 Å². The van der Waals surface area contributed by atoms with E-state index in [1.54, 1.807) is 18.2 Å². The molecule has 0 spiro atoms. The molecular formula is C17H19FN2O3S. The summed E-state index contributed by atoms with van der Waals surface area (Å²) in [5, 5.41) is 2.66. The van der Waals surface area contributed by atoms with E-state index in [4.69, 9.17) is 0 Å². The number of nitrogens with one attached hydrogen (secondary N) is 1. The van der Waals surface area contributed by atoms with Crippen LogP contribution in [0.25, 0.3) is 0 Å². The zero-order chi connectivity index (χ0) is 17.7. The van der Waals surface area contributed by atoms with E-state index in [0.717, 1.165) is 16.1 Å². The van der Waals surface area contributed by atoms with Crippen LogP contribution in [0, 0.1) is 12.7 Å². The Bertz CT molecular complexity index is 837. The van der Waals surface area contributed by atoms with Crippen molar-refractivity contribution in [1.82, 2.24) is 5.32 Å². The SMILES string of the molecule is Cc1ccccc1C(=O)NCCN(c1ccccc1F)S(C)(=O)=O. The van der Waals surface area contributed by atoms with Crippen molar-refractivity contribution >= 4 is 21.6 Å². The minimum absolute atomic E-state index is 0.0369. The number of aryl methyl sites for hydroxylation is 1. The van der Waals surface area contributed by atoms with E-state index in [2.05, 4.69) is 5.32 Å². The average molecular weight is 350 g/mol. The van der Waals surface area contributed by atoms with E-state index >= 15 is 0 Å². The second-order valence-electron chi connectivity index (χ2n) is 5.36. The largest absolute Gasteiger partial charge is 0.350 e. The molecule has 7 heteroatoms. The Kier molecular flexibility index (Phi) is 5.56. The number of halogens is 1. The maximum absolute atomic E-state index is 13.9. The quantitative estimate of drug-likeness (QED) is 0.869. The van der Waals surface area contributed by atoms with Gasteiger partial charge >= 0.3 is 0 Å². The van der Waals surface area contributed by atoms with Crippen molar-refractivity contribution in [3.8, 4) is 0 Å². The van der Waals surface area contributed by atoms with Crippen LogP contribution in [0.4, 0.5) is 10.1 Å². The Morgan fingerprint density at radius 1 is 1.12 bits per heavy atom. The molecule has 0 unspecified atom stereocenters. The van der Waals surface area contributed by atoms with E-state index in [1.807, 2.05) is 19.1 Å². The third-order valence-corrected chi connectivity index (χ3v) is 4.69. The molecular weight excluding hydrogens is 331 g/mol. The van der Waals surface area contributed by atoms with Crippen molar-refractivity contribution in [3.05, 3.63) is 65.5 Å². The maximum atomic E-state index is 13.9. The van der Waals surface area contributed by atoms with Crippen molar-refractivity contribution in [1.29, 1.82) is 0 Å². The van der Waals surface area contributed by atoms with Crippen molar-refractivity contribution in [2.24, 2.45) is 0 Å². The van der Waals surface area contributed by atoms with Gasteiger partial charge in [0.05, 0.1) is 18.5 Å². The van der Waals surface area contributed by atoms with Gasteiger partial charge < -0.3 is 5.32 Å². The lowest BCUT2D eigenvalue weighted by atomic mass is 10.1. The summed E-state index contributed by atoms with van der Waals surface area (Å²) in [6, 6.07) is 12.7. The summed E-state index contributed by atoms with van der Waals surface area (Å²) < 4.78 is 38.7. The first-order valence-electron chi connectivity index (χ1n) is 7.37. The molecule has 0 bridgehead atoms. The van der Waals surface area contributed by atoms with Gasteiger partial charge in [-0.15, -0.1) is 0 Å². The fourth-order valence-corrected chi connectivity index (χ4v) is 3.24. The molecule has 1 N–H and O–H groups in total. The van der Waals surface area contributed by atoms with E-state index in [0.29, 0.717) is 5.56 Å². The Balaban J connectivity index is 2.09. The number of hydrogen-bond donors (Lipinski definition) is 1. The summed E-state index contributed by atoms with van der Waals surface area (Å²) in [4.78, 5) is 12.1. The number of carbonyl (C=O) groups is 1. The monoisotopic (exact) mass is 350 g/mol. The summed E-state index contributed by atoms with van der Waals surface area (Å²) in [5.41, 5.74) is 1.31. The van der Waals surface area contributed by atoms with Gasteiger partial charge in [0.25, 0.3) is 5.91 Å². The normalized spacial score (nSPS) is 11.1. The third kappa shape index (κ3) is 4.32. The van der Waals surface area contributed by atoms with E-state index in [9.17, 15) is 17.6 Å². The number of para-hydroxylation sites is 1. The van der Waals surface area contributed by atoms with Gasteiger partial charge in [0.1, 0.15) is 5.82 Å². The van der Waals surface area contributed by atoms with Gasteiger partial charge in [-0.05, 0) is 30.7 Å². The summed E-state index contributed by atoms with van der Waals surface area (Å²) >= 11 is 0.